The molecule has 7 N–H and O–H groups in total. The van der Waals surface area contributed by atoms with E-state index in [4.69, 9.17) is 24.5 Å². The Morgan fingerprint density at radius 1 is 1.27 bits per heavy atom. The van der Waals surface area contributed by atoms with Crippen molar-refractivity contribution in [2.45, 2.75) is 44.8 Å². The van der Waals surface area contributed by atoms with E-state index in [1.165, 1.54) is 17.8 Å². The lowest BCUT2D eigenvalue weighted by Crippen LogP contribution is -2.44. The van der Waals surface area contributed by atoms with E-state index in [0.29, 0.717) is 0 Å². The quantitative estimate of drug-likeness (QED) is 0.126. The molecule has 17 nitrogen and oxygen atoms in total. The number of anilines is 1. The Balaban J connectivity index is 1.77. The van der Waals surface area contributed by atoms with E-state index in [0.717, 1.165) is 0 Å². The zero-order chi connectivity index (χ0) is 27.4. The number of aromatic nitrogens is 4. The molecule has 0 aliphatic carbocycles. The number of aliphatic hydroxyl groups excluding tert-OH is 1. The molecular formula is C19H30N7O10P. The van der Waals surface area contributed by atoms with Gasteiger partial charge in [0.15, 0.2) is 17.4 Å². The van der Waals surface area contributed by atoms with Gasteiger partial charge in [-0.25, -0.2) is 15.2 Å². The SMILES string of the molecule is CCOC(=O)CNP(=O)(NCC(=O)OCC)OC[C@H]1O[C@@H](n2cnc3c(=O)[nH]c(N)nc32)C(C)(O)[C@H]1O. The molecule has 206 valence electrons. The number of hydrogen-bond donors (Lipinski definition) is 6. The molecule has 3 heterocycles. The topological polar surface area (TPSA) is 242 Å². The summed E-state index contributed by atoms with van der Waals surface area (Å²) in [5, 5.41) is 26.5. The highest BCUT2D eigenvalue weighted by Crippen LogP contribution is 2.42. The maximum atomic E-state index is 13.3. The van der Waals surface area contributed by atoms with E-state index in [9.17, 15) is 29.2 Å². The van der Waals surface area contributed by atoms with Gasteiger partial charge in [0.1, 0.15) is 30.9 Å². The predicted octanol–water partition coefficient (Wildman–Crippen LogP) is -1.86. The normalized spacial score (nSPS) is 23.9. The monoisotopic (exact) mass is 547 g/mol. The molecule has 1 fully saturated rings. The number of ether oxygens (including phenoxy) is 3. The Hall–Kier alpha value is -2.92. The number of nitrogens with two attached hydrogens (primary N) is 1. The number of fused-ring (bicyclic) bond motifs is 1. The number of esters is 2. The third-order valence-electron chi connectivity index (χ3n) is 5.35. The van der Waals surface area contributed by atoms with Crippen molar-refractivity contribution >= 4 is 36.7 Å². The molecule has 0 spiro atoms. The first-order valence-electron chi connectivity index (χ1n) is 11.3. The molecule has 2 aromatic rings. The van der Waals surface area contributed by atoms with Crippen LogP contribution in [-0.2, 0) is 32.9 Å². The molecule has 0 radical (unpaired) electrons. The number of carbonyl (C=O) groups excluding carboxylic acids is 2. The standard InChI is InChI=1S/C19H30N7O10P/c1-4-33-11(27)6-22-37(32,23-7-12(28)34-5-2)35-8-10-14(29)19(3,31)17(36-10)26-9-21-13-15(26)24-18(20)25-16(13)30/h9-10,14,17,29,31H,4-8H2,1-3H3,(H2,22,23,32)(H3,20,24,25,30)/t10-,14+,17-,19?/m1/s1. The van der Waals surface area contributed by atoms with Gasteiger partial charge in [-0.2, -0.15) is 4.98 Å². The smallest absolute Gasteiger partial charge is 0.341 e. The first-order valence-corrected chi connectivity index (χ1v) is 12.9. The van der Waals surface area contributed by atoms with Gasteiger partial charge in [0.2, 0.25) is 5.95 Å². The van der Waals surface area contributed by atoms with Gasteiger partial charge in [-0.1, -0.05) is 0 Å². The van der Waals surface area contributed by atoms with Gasteiger partial charge in [0.05, 0.1) is 26.1 Å². The molecule has 0 aromatic carbocycles. The van der Waals surface area contributed by atoms with Crippen molar-refractivity contribution in [3.05, 3.63) is 16.7 Å². The summed E-state index contributed by atoms with van der Waals surface area (Å²) in [5.74, 6) is -1.64. The molecule has 1 aliphatic rings. The number of rotatable bonds is 12. The maximum absolute atomic E-state index is 13.3. The highest BCUT2D eigenvalue weighted by molar-refractivity contribution is 7.54. The summed E-state index contributed by atoms with van der Waals surface area (Å²) in [5.41, 5.74) is 2.99. The Bertz CT molecular complexity index is 1210. The highest BCUT2D eigenvalue weighted by Gasteiger charge is 2.54. The first kappa shape index (κ1) is 28.6. The minimum Gasteiger partial charge on any atom is -0.465 e. The van der Waals surface area contributed by atoms with Gasteiger partial charge in [0, 0.05) is 0 Å². The Kier molecular flexibility index (Phi) is 9.01. The third kappa shape index (κ3) is 6.51. The molecule has 1 aliphatic heterocycles. The Morgan fingerprint density at radius 3 is 2.43 bits per heavy atom. The Morgan fingerprint density at radius 2 is 1.86 bits per heavy atom. The van der Waals surface area contributed by atoms with E-state index in [2.05, 4.69) is 25.1 Å². The van der Waals surface area contributed by atoms with Crippen molar-refractivity contribution in [1.29, 1.82) is 0 Å². The first-order chi connectivity index (χ1) is 17.4. The minimum atomic E-state index is -4.10. The third-order valence-corrected chi connectivity index (χ3v) is 7.01. The second kappa shape index (κ2) is 11.6. The number of aliphatic hydroxyl groups is 2. The van der Waals surface area contributed by atoms with Crippen LogP contribution in [0, 0.1) is 0 Å². The van der Waals surface area contributed by atoms with Crippen LogP contribution in [0.4, 0.5) is 5.95 Å². The number of imidazole rings is 1. The summed E-state index contributed by atoms with van der Waals surface area (Å²) in [6.07, 6.45) is -2.93. The molecule has 0 bridgehead atoms. The van der Waals surface area contributed by atoms with E-state index < -0.39 is 68.9 Å². The lowest BCUT2D eigenvalue weighted by Gasteiger charge is -2.27. The van der Waals surface area contributed by atoms with Gasteiger partial charge in [-0.3, -0.25) is 28.5 Å². The van der Waals surface area contributed by atoms with Crippen molar-refractivity contribution < 1.29 is 43.1 Å². The largest absolute Gasteiger partial charge is 0.465 e. The summed E-state index contributed by atoms with van der Waals surface area (Å²) in [7, 11) is -4.10. The summed E-state index contributed by atoms with van der Waals surface area (Å²) < 4.78 is 35.3. The minimum absolute atomic E-state index is 0.00169. The molecule has 3 rings (SSSR count). The maximum Gasteiger partial charge on any atom is 0.341 e. The lowest BCUT2D eigenvalue weighted by atomic mass is 9.96. The van der Waals surface area contributed by atoms with Gasteiger partial charge in [-0.15, -0.1) is 0 Å². The second-order valence-electron chi connectivity index (χ2n) is 8.10. The van der Waals surface area contributed by atoms with E-state index >= 15 is 0 Å². The van der Waals surface area contributed by atoms with Gasteiger partial charge in [-0.05, 0) is 20.8 Å². The van der Waals surface area contributed by atoms with E-state index in [1.807, 2.05) is 0 Å². The molecular weight excluding hydrogens is 517 g/mol. The van der Waals surface area contributed by atoms with Crippen molar-refractivity contribution in [2.75, 3.05) is 38.6 Å². The zero-order valence-electron chi connectivity index (χ0n) is 20.4. The second-order valence-corrected chi connectivity index (χ2v) is 10.1. The molecule has 4 atom stereocenters. The number of aromatic amines is 1. The van der Waals surface area contributed by atoms with Crippen LogP contribution in [0.15, 0.2) is 11.1 Å². The number of hydrogen-bond acceptors (Lipinski definition) is 13. The van der Waals surface area contributed by atoms with Crippen LogP contribution in [0.3, 0.4) is 0 Å². The average Bonchev–Trinajstić information content (AvgIpc) is 3.34. The molecule has 1 unspecified atom stereocenters. The van der Waals surface area contributed by atoms with Crippen LogP contribution in [0.2, 0.25) is 0 Å². The number of H-pyrrole nitrogens is 1. The van der Waals surface area contributed by atoms with Crippen LogP contribution in [0.25, 0.3) is 11.2 Å². The molecule has 1 saturated heterocycles. The number of carbonyl (C=O) groups is 2. The highest BCUT2D eigenvalue weighted by atomic mass is 31.2. The van der Waals surface area contributed by atoms with Crippen LogP contribution < -0.4 is 21.5 Å². The molecule has 18 heteroatoms. The fourth-order valence-corrected chi connectivity index (χ4v) is 4.91. The average molecular weight is 547 g/mol. The van der Waals surface area contributed by atoms with Gasteiger partial charge in [0.25, 0.3) is 5.56 Å². The van der Waals surface area contributed by atoms with Crippen molar-refractivity contribution in [3.63, 3.8) is 0 Å². The summed E-state index contributed by atoms with van der Waals surface area (Å²) in [6.45, 7) is 3.07. The zero-order valence-corrected chi connectivity index (χ0v) is 21.3. The van der Waals surface area contributed by atoms with Crippen LogP contribution in [0.1, 0.15) is 27.0 Å². The Labute approximate surface area is 210 Å². The fraction of sp³-hybridized carbons (Fsp3) is 0.632. The fourth-order valence-electron chi connectivity index (χ4n) is 3.58. The van der Waals surface area contributed by atoms with Crippen molar-refractivity contribution in [1.82, 2.24) is 29.7 Å². The number of nitrogens with one attached hydrogen (secondary N) is 3. The molecule has 2 aromatic heterocycles. The number of nitrogens with zero attached hydrogens (tertiary/aromatic N) is 3. The van der Waals surface area contributed by atoms with Crippen molar-refractivity contribution in [3.8, 4) is 0 Å². The lowest BCUT2D eigenvalue weighted by molar-refractivity contribution is -0.142. The van der Waals surface area contributed by atoms with Crippen molar-refractivity contribution in [2.24, 2.45) is 0 Å². The van der Waals surface area contributed by atoms with Gasteiger partial charge < -0.3 is 34.7 Å². The van der Waals surface area contributed by atoms with Crippen LogP contribution >= 0.6 is 7.67 Å². The van der Waals surface area contributed by atoms with E-state index in [1.54, 1.807) is 13.8 Å². The van der Waals surface area contributed by atoms with Crippen LogP contribution in [0.5, 0.6) is 0 Å². The van der Waals surface area contributed by atoms with Gasteiger partial charge >= 0.3 is 19.6 Å². The molecule has 0 saturated carbocycles. The predicted molar refractivity (Wildman–Crippen MR) is 126 cm³/mol. The molecule has 37 heavy (non-hydrogen) atoms. The van der Waals surface area contributed by atoms with Crippen LogP contribution in [-0.4, -0.2) is 92.4 Å². The summed E-state index contributed by atoms with van der Waals surface area (Å²) in [6, 6.07) is 0. The van der Waals surface area contributed by atoms with E-state index in [-0.39, 0.29) is 30.3 Å². The molecule has 0 amide bonds. The summed E-state index contributed by atoms with van der Waals surface area (Å²) in [4.78, 5) is 45.8. The summed E-state index contributed by atoms with van der Waals surface area (Å²) >= 11 is 0. The number of nitrogen functional groups attached to an aromatic ring is 1.